The Balaban J connectivity index is 1.47. The number of nitrogens with zero attached hydrogens (tertiary/aromatic N) is 5. The Bertz CT molecular complexity index is 878. The monoisotopic (exact) mass is 387 g/mol. The second-order valence-electron chi connectivity index (χ2n) is 6.53. The molecule has 150 valence electrons. The van der Waals surface area contributed by atoms with Crippen molar-refractivity contribution in [3.05, 3.63) is 40.3 Å². The summed E-state index contributed by atoms with van der Waals surface area (Å²) in [6.45, 7) is 7.43. The summed E-state index contributed by atoms with van der Waals surface area (Å²) in [4.78, 5) is 38.9. The summed E-state index contributed by atoms with van der Waals surface area (Å²) in [5, 5.41) is 5.97. The fraction of sp³-hybridized carbons (Fsp3) is 0.500. The van der Waals surface area contributed by atoms with Gasteiger partial charge in [-0.25, -0.2) is 15.0 Å². The minimum atomic E-state index is -0.248. The van der Waals surface area contributed by atoms with E-state index in [0.29, 0.717) is 43.6 Å². The van der Waals surface area contributed by atoms with Crippen LogP contribution in [0.1, 0.15) is 11.5 Å². The maximum absolute atomic E-state index is 12.0. The number of carbonyl (C=O) groups is 1. The zero-order chi connectivity index (χ0) is 19.9. The van der Waals surface area contributed by atoms with Gasteiger partial charge >= 0.3 is 0 Å². The van der Waals surface area contributed by atoms with Crippen molar-refractivity contribution in [2.75, 3.05) is 49.6 Å². The maximum atomic E-state index is 12.0. The number of rotatable bonds is 7. The molecule has 3 heterocycles. The molecule has 1 aliphatic heterocycles. The zero-order valence-corrected chi connectivity index (χ0v) is 16.1. The third-order valence-electron chi connectivity index (χ3n) is 4.24. The quantitative estimate of drug-likeness (QED) is 0.623. The number of morpholine rings is 1. The summed E-state index contributed by atoms with van der Waals surface area (Å²) in [6.07, 6.45) is 1.38. The molecule has 0 atom stereocenters. The van der Waals surface area contributed by atoms with Crippen LogP contribution in [-0.2, 0) is 16.1 Å². The highest BCUT2D eigenvalue weighted by Gasteiger charge is 2.14. The van der Waals surface area contributed by atoms with Crippen LogP contribution in [0.5, 0.6) is 0 Å². The van der Waals surface area contributed by atoms with Gasteiger partial charge in [0.2, 0.25) is 5.91 Å². The molecule has 1 saturated heterocycles. The third-order valence-corrected chi connectivity index (χ3v) is 4.24. The first kappa shape index (κ1) is 19.7. The second kappa shape index (κ2) is 9.27. The van der Waals surface area contributed by atoms with Crippen LogP contribution in [0, 0.1) is 13.8 Å². The molecule has 0 bridgehead atoms. The lowest BCUT2D eigenvalue weighted by Gasteiger charge is -2.28. The standard InChI is InChI=1S/C18H25N7O3/c1-13-9-18(27)25(12-21-13)11-17(26)20-4-3-19-15-10-16(23-14(2)22-15)24-5-7-28-8-6-24/h9-10,12H,3-8,11H2,1-2H3,(H,20,26)(H,19,22,23). The van der Waals surface area contributed by atoms with E-state index >= 15 is 0 Å². The van der Waals surface area contributed by atoms with Crippen LogP contribution >= 0.6 is 0 Å². The highest BCUT2D eigenvalue weighted by molar-refractivity contribution is 5.75. The Morgan fingerprint density at radius 3 is 2.71 bits per heavy atom. The summed E-state index contributed by atoms with van der Waals surface area (Å²) in [7, 11) is 0. The van der Waals surface area contributed by atoms with Gasteiger partial charge in [0.1, 0.15) is 24.0 Å². The molecule has 1 aliphatic rings. The summed E-state index contributed by atoms with van der Waals surface area (Å²) in [5.41, 5.74) is 0.385. The van der Waals surface area contributed by atoms with Crippen molar-refractivity contribution >= 4 is 17.5 Å². The first-order valence-electron chi connectivity index (χ1n) is 9.23. The molecule has 0 radical (unpaired) electrons. The molecule has 28 heavy (non-hydrogen) atoms. The predicted octanol–water partition coefficient (Wildman–Crippen LogP) is -0.285. The largest absolute Gasteiger partial charge is 0.378 e. The van der Waals surface area contributed by atoms with Gasteiger partial charge in [-0.15, -0.1) is 0 Å². The van der Waals surface area contributed by atoms with E-state index in [-0.39, 0.29) is 18.0 Å². The normalized spacial score (nSPS) is 14.0. The van der Waals surface area contributed by atoms with Gasteiger partial charge in [0.05, 0.1) is 19.5 Å². The Morgan fingerprint density at radius 2 is 1.96 bits per heavy atom. The minimum Gasteiger partial charge on any atom is -0.378 e. The molecule has 2 N–H and O–H groups in total. The van der Waals surface area contributed by atoms with Crippen molar-refractivity contribution in [1.82, 2.24) is 24.8 Å². The molecule has 2 aromatic rings. The number of anilines is 2. The van der Waals surface area contributed by atoms with Gasteiger partial charge in [-0.1, -0.05) is 0 Å². The molecular weight excluding hydrogens is 362 g/mol. The Morgan fingerprint density at radius 1 is 1.18 bits per heavy atom. The number of hydrogen-bond acceptors (Lipinski definition) is 8. The predicted molar refractivity (Wildman–Crippen MR) is 105 cm³/mol. The first-order valence-corrected chi connectivity index (χ1v) is 9.23. The van der Waals surface area contributed by atoms with Gasteiger partial charge in [0.15, 0.2) is 0 Å². The van der Waals surface area contributed by atoms with Gasteiger partial charge in [0, 0.05) is 44.0 Å². The van der Waals surface area contributed by atoms with Crippen molar-refractivity contribution in [2.45, 2.75) is 20.4 Å². The van der Waals surface area contributed by atoms with E-state index in [0.717, 1.165) is 18.9 Å². The number of amides is 1. The molecule has 1 amide bonds. The Labute approximate surface area is 163 Å². The Kier molecular flexibility index (Phi) is 6.53. The lowest BCUT2D eigenvalue weighted by molar-refractivity contribution is -0.121. The molecule has 10 nitrogen and oxygen atoms in total. The molecule has 0 aromatic carbocycles. The highest BCUT2D eigenvalue weighted by atomic mass is 16.5. The lowest BCUT2D eigenvalue weighted by atomic mass is 10.4. The van der Waals surface area contributed by atoms with Crippen LogP contribution in [0.15, 0.2) is 23.3 Å². The van der Waals surface area contributed by atoms with Gasteiger partial charge in [-0.2, -0.15) is 0 Å². The van der Waals surface area contributed by atoms with E-state index < -0.39 is 0 Å². The van der Waals surface area contributed by atoms with Crippen LogP contribution in [0.4, 0.5) is 11.6 Å². The minimum absolute atomic E-state index is 0.0556. The first-order chi connectivity index (χ1) is 13.5. The van der Waals surface area contributed by atoms with Crippen LogP contribution in [0.3, 0.4) is 0 Å². The number of aryl methyl sites for hydroxylation is 2. The van der Waals surface area contributed by atoms with Crippen LogP contribution in [-0.4, -0.2) is 64.8 Å². The smallest absolute Gasteiger partial charge is 0.253 e. The van der Waals surface area contributed by atoms with E-state index in [2.05, 4.69) is 30.5 Å². The molecule has 1 fully saturated rings. The summed E-state index contributed by atoms with van der Waals surface area (Å²) in [6, 6.07) is 3.30. The molecule has 2 aromatic heterocycles. The van der Waals surface area contributed by atoms with E-state index in [1.54, 1.807) is 6.92 Å². The van der Waals surface area contributed by atoms with Crippen molar-refractivity contribution in [3.8, 4) is 0 Å². The fourth-order valence-electron chi connectivity index (χ4n) is 2.84. The average molecular weight is 387 g/mol. The van der Waals surface area contributed by atoms with E-state index in [1.807, 2.05) is 13.0 Å². The van der Waals surface area contributed by atoms with Crippen molar-refractivity contribution < 1.29 is 9.53 Å². The van der Waals surface area contributed by atoms with Crippen LogP contribution in [0.2, 0.25) is 0 Å². The van der Waals surface area contributed by atoms with Gasteiger partial charge in [0.25, 0.3) is 5.56 Å². The van der Waals surface area contributed by atoms with Gasteiger partial charge < -0.3 is 20.3 Å². The van der Waals surface area contributed by atoms with Crippen LogP contribution in [0.25, 0.3) is 0 Å². The lowest BCUT2D eigenvalue weighted by Crippen LogP contribution is -2.37. The highest BCUT2D eigenvalue weighted by Crippen LogP contribution is 2.16. The number of hydrogen-bond donors (Lipinski definition) is 2. The number of nitrogens with one attached hydrogen (secondary N) is 2. The van der Waals surface area contributed by atoms with Gasteiger partial charge in [-0.05, 0) is 13.8 Å². The molecular formula is C18H25N7O3. The maximum Gasteiger partial charge on any atom is 0.253 e. The topological polar surface area (TPSA) is 114 Å². The van der Waals surface area contributed by atoms with Gasteiger partial charge in [-0.3, -0.25) is 14.2 Å². The van der Waals surface area contributed by atoms with E-state index in [9.17, 15) is 9.59 Å². The third kappa shape index (κ3) is 5.49. The van der Waals surface area contributed by atoms with Crippen LogP contribution < -0.4 is 21.1 Å². The SMILES string of the molecule is Cc1cc(=O)n(CC(=O)NCCNc2cc(N3CCOCC3)nc(C)n2)cn1. The molecule has 3 rings (SSSR count). The van der Waals surface area contributed by atoms with Crippen molar-refractivity contribution in [2.24, 2.45) is 0 Å². The number of carbonyl (C=O) groups excluding carboxylic acids is 1. The van der Waals surface area contributed by atoms with Crippen molar-refractivity contribution in [3.63, 3.8) is 0 Å². The fourth-order valence-corrected chi connectivity index (χ4v) is 2.84. The summed E-state index contributed by atoms with van der Waals surface area (Å²) < 4.78 is 6.65. The molecule has 0 unspecified atom stereocenters. The number of aromatic nitrogens is 4. The number of ether oxygens (including phenoxy) is 1. The summed E-state index contributed by atoms with van der Waals surface area (Å²) in [5.74, 6) is 2.01. The molecule has 0 saturated carbocycles. The summed E-state index contributed by atoms with van der Waals surface area (Å²) >= 11 is 0. The molecule has 0 aliphatic carbocycles. The second-order valence-corrected chi connectivity index (χ2v) is 6.53. The average Bonchev–Trinajstić information content (AvgIpc) is 2.68. The molecule has 0 spiro atoms. The van der Waals surface area contributed by atoms with E-state index in [4.69, 9.17) is 4.74 Å². The van der Waals surface area contributed by atoms with E-state index in [1.165, 1.54) is 17.0 Å². The molecule has 10 heteroatoms. The Hall–Kier alpha value is -3.01. The van der Waals surface area contributed by atoms with Crippen molar-refractivity contribution in [1.29, 1.82) is 0 Å². The zero-order valence-electron chi connectivity index (χ0n) is 16.1.